The van der Waals surface area contributed by atoms with E-state index in [4.69, 9.17) is 0 Å². The maximum absolute atomic E-state index is 14.0. The lowest BCUT2D eigenvalue weighted by Gasteiger charge is -2.26. The van der Waals surface area contributed by atoms with Gasteiger partial charge in [0.25, 0.3) is 0 Å². The minimum absolute atomic E-state index is 0.0721. The fourth-order valence-electron chi connectivity index (χ4n) is 3.80. The van der Waals surface area contributed by atoms with Crippen LogP contribution in [0.5, 0.6) is 0 Å². The molecule has 0 spiro atoms. The molecule has 2 aliphatic rings. The minimum Gasteiger partial charge on any atom is -0.374 e. The SMILES string of the molecule is O=C1C(Nc2ccc(CCN3CCSCC3)cc2)CCN1c1ccccc1F. The minimum atomic E-state index is -0.354. The molecule has 2 fully saturated rings. The molecule has 1 N–H and O–H groups in total. The highest BCUT2D eigenvalue weighted by Crippen LogP contribution is 2.26. The molecule has 0 aliphatic carbocycles. The summed E-state index contributed by atoms with van der Waals surface area (Å²) in [5.41, 5.74) is 2.62. The monoisotopic (exact) mass is 399 g/mol. The topological polar surface area (TPSA) is 35.6 Å². The zero-order chi connectivity index (χ0) is 19.3. The molecule has 1 unspecified atom stereocenters. The number of para-hydroxylation sites is 1. The summed E-state index contributed by atoms with van der Waals surface area (Å²) in [6.45, 7) is 4.01. The zero-order valence-electron chi connectivity index (χ0n) is 15.9. The first kappa shape index (κ1) is 19.3. The number of carbonyl (C=O) groups is 1. The highest BCUT2D eigenvalue weighted by Gasteiger charge is 2.33. The summed E-state index contributed by atoms with van der Waals surface area (Å²) >= 11 is 2.04. The lowest BCUT2D eigenvalue weighted by Crippen LogP contribution is -2.34. The number of carbonyl (C=O) groups excluding carboxylic acids is 1. The van der Waals surface area contributed by atoms with Gasteiger partial charge < -0.3 is 15.1 Å². The van der Waals surface area contributed by atoms with Crippen LogP contribution in [-0.2, 0) is 11.2 Å². The van der Waals surface area contributed by atoms with Crippen molar-refractivity contribution in [3.63, 3.8) is 0 Å². The molecule has 0 saturated carbocycles. The van der Waals surface area contributed by atoms with Crippen LogP contribution in [0.1, 0.15) is 12.0 Å². The van der Waals surface area contributed by atoms with Gasteiger partial charge in [0.05, 0.1) is 5.69 Å². The Bertz CT molecular complexity index is 808. The fourth-order valence-corrected chi connectivity index (χ4v) is 4.78. The van der Waals surface area contributed by atoms with E-state index in [0.29, 0.717) is 18.7 Å². The van der Waals surface area contributed by atoms with Crippen molar-refractivity contribution in [3.8, 4) is 0 Å². The molecule has 2 aromatic rings. The van der Waals surface area contributed by atoms with Crippen LogP contribution in [0, 0.1) is 5.82 Å². The van der Waals surface area contributed by atoms with E-state index in [1.807, 2.05) is 23.9 Å². The molecule has 28 heavy (non-hydrogen) atoms. The van der Waals surface area contributed by atoms with Crippen LogP contribution in [0.25, 0.3) is 0 Å². The first-order chi connectivity index (χ1) is 13.7. The molecule has 148 valence electrons. The molecular formula is C22H26FN3OS. The number of benzene rings is 2. The summed E-state index contributed by atoms with van der Waals surface area (Å²) in [6.07, 6.45) is 1.72. The van der Waals surface area contributed by atoms with Crippen LogP contribution >= 0.6 is 11.8 Å². The zero-order valence-corrected chi connectivity index (χ0v) is 16.8. The van der Waals surface area contributed by atoms with Crippen molar-refractivity contribution in [1.82, 2.24) is 4.90 Å². The molecule has 2 aliphatic heterocycles. The van der Waals surface area contributed by atoms with Crippen LogP contribution in [0.4, 0.5) is 15.8 Å². The average Bonchev–Trinajstić information content (AvgIpc) is 3.09. The van der Waals surface area contributed by atoms with Gasteiger partial charge in [0.1, 0.15) is 11.9 Å². The summed E-state index contributed by atoms with van der Waals surface area (Å²) in [5.74, 6) is 2.05. The van der Waals surface area contributed by atoms with E-state index in [-0.39, 0.29) is 17.8 Å². The van der Waals surface area contributed by atoms with Gasteiger partial charge >= 0.3 is 0 Å². The van der Waals surface area contributed by atoms with Gasteiger partial charge in [-0.3, -0.25) is 4.79 Å². The van der Waals surface area contributed by atoms with Crippen LogP contribution < -0.4 is 10.2 Å². The molecule has 4 rings (SSSR count). The summed E-state index contributed by atoms with van der Waals surface area (Å²) in [7, 11) is 0. The van der Waals surface area contributed by atoms with E-state index in [0.717, 1.165) is 18.7 Å². The van der Waals surface area contributed by atoms with Crippen LogP contribution in [0.3, 0.4) is 0 Å². The van der Waals surface area contributed by atoms with Gasteiger partial charge in [0.15, 0.2) is 0 Å². The molecule has 1 atom stereocenters. The van der Waals surface area contributed by atoms with Crippen LogP contribution in [0.2, 0.25) is 0 Å². The second kappa shape index (κ2) is 8.97. The van der Waals surface area contributed by atoms with Gasteiger partial charge in [0.2, 0.25) is 5.91 Å². The molecule has 0 radical (unpaired) electrons. The summed E-state index contributed by atoms with van der Waals surface area (Å²) in [5, 5.41) is 3.32. The van der Waals surface area contributed by atoms with Crippen molar-refractivity contribution in [2.45, 2.75) is 18.9 Å². The number of nitrogens with zero attached hydrogens (tertiary/aromatic N) is 2. The molecule has 2 saturated heterocycles. The summed E-state index contributed by atoms with van der Waals surface area (Å²) in [4.78, 5) is 16.8. The van der Waals surface area contributed by atoms with E-state index in [1.165, 1.54) is 41.1 Å². The molecule has 6 heteroatoms. The van der Waals surface area contributed by atoms with Gasteiger partial charge in [-0.05, 0) is 42.7 Å². The number of hydrogen-bond acceptors (Lipinski definition) is 4. The third-order valence-electron chi connectivity index (χ3n) is 5.46. The number of rotatable bonds is 6. The number of thioether (sulfide) groups is 1. The lowest BCUT2D eigenvalue weighted by atomic mass is 10.1. The van der Waals surface area contributed by atoms with Gasteiger partial charge in [0, 0.05) is 43.4 Å². The normalized spacial score (nSPS) is 20.5. The van der Waals surface area contributed by atoms with E-state index in [1.54, 1.807) is 18.2 Å². The predicted octanol–water partition coefficient (Wildman–Crippen LogP) is 3.63. The van der Waals surface area contributed by atoms with Crippen molar-refractivity contribution in [1.29, 1.82) is 0 Å². The maximum atomic E-state index is 14.0. The molecule has 2 heterocycles. The quantitative estimate of drug-likeness (QED) is 0.805. The Morgan fingerprint density at radius 3 is 2.54 bits per heavy atom. The number of amides is 1. The maximum Gasteiger partial charge on any atom is 0.249 e. The fraction of sp³-hybridized carbons (Fsp3) is 0.409. The summed E-state index contributed by atoms with van der Waals surface area (Å²) < 4.78 is 14.0. The number of halogens is 1. The third-order valence-corrected chi connectivity index (χ3v) is 6.41. The van der Waals surface area contributed by atoms with Crippen molar-refractivity contribution < 1.29 is 9.18 Å². The van der Waals surface area contributed by atoms with E-state index in [9.17, 15) is 9.18 Å². The first-order valence-electron chi connectivity index (χ1n) is 9.92. The highest BCUT2D eigenvalue weighted by atomic mass is 32.2. The molecule has 4 nitrogen and oxygen atoms in total. The van der Waals surface area contributed by atoms with Crippen molar-refractivity contribution >= 4 is 29.0 Å². The Labute approximate surface area is 170 Å². The van der Waals surface area contributed by atoms with Gasteiger partial charge in [-0.2, -0.15) is 11.8 Å². The third kappa shape index (κ3) is 4.50. The number of nitrogens with one attached hydrogen (secondary N) is 1. The van der Waals surface area contributed by atoms with Crippen molar-refractivity contribution in [2.75, 3.05) is 47.9 Å². The molecular weight excluding hydrogens is 373 g/mol. The second-order valence-electron chi connectivity index (χ2n) is 7.33. The predicted molar refractivity (Wildman–Crippen MR) is 115 cm³/mol. The van der Waals surface area contributed by atoms with Gasteiger partial charge in [-0.1, -0.05) is 24.3 Å². The lowest BCUT2D eigenvalue weighted by molar-refractivity contribution is -0.117. The Kier molecular flexibility index (Phi) is 6.17. The Balaban J connectivity index is 1.32. The average molecular weight is 400 g/mol. The van der Waals surface area contributed by atoms with E-state index < -0.39 is 0 Å². The van der Waals surface area contributed by atoms with E-state index >= 15 is 0 Å². The number of anilines is 2. The van der Waals surface area contributed by atoms with Crippen molar-refractivity contribution in [2.24, 2.45) is 0 Å². The van der Waals surface area contributed by atoms with Gasteiger partial charge in [-0.15, -0.1) is 0 Å². The Hall–Kier alpha value is -2.05. The molecule has 0 aromatic heterocycles. The Morgan fingerprint density at radius 2 is 1.79 bits per heavy atom. The van der Waals surface area contributed by atoms with Crippen molar-refractivity contribution in [3.05, 3.63) is 59.9 Å². The largest absolute Gasteiger partial charge is 0.374 e. The smallest absolute Gasteiger partial charge is 0.249 e. The second-order valence-corrected chi connectivity index (χ2v) is 8.55. The first-order valence-corrected chi connectivity index (χ1v) is 11.1. The van der Waals surface area contributed by atoms with Gasteiger partial charge in [-0.25, -0.2) is 4.39 Å². The summed E-state index contributed by atoms with van der Waals surface area (Å²) in [6, 6.07) is 14.5. The van der Waals surface area contributed by atoms with Crippen LogP contribution in [0.15, 0.2) is 48.5 Å². The highest BCUT2D eigenvalue weighted by molar-refractivity contribution is 7.99. The number of hydrogen-bond donors (Lipinski definition) is 1. The Morgan fingerprint density at radius 1 is 1.04 bits per heavy atom. The molecule has 1 amide bonds. The standard InChI is InChI=1S/C22H26FN3OS/c23-19-3-1-2-4-21(19)26-12-10-20(22(26)27)24-18-7-5-17(6-8-18)9-11-25-13-15-28-16-14-25/h1-8,20,24H,9-16H2. The molecule has 0 bridgehead atoms. The van der Waals surface area contributed by atoms with Crippen LogP contribution in [-0.4, -0.2) is 54.5 Å². The molecule has 2 aromatic carbocycles. The van der Waals surface area contributed by atoms with E-state index in [2.05, 4.69) is 22.3 Å².